The maximum Gasteiger partial charge on any atom is 0.320 e. The minimum Gasteiger partial charge on any atom is -0.494 e. The van der Waals surface area contributed by atoms with Crippen LogP contribution in [0.5, 0.6) is 5.75 Å². The summed E-state index contributed by atoms with van der Waals surface area (Å²) in [5.41, 5.74) is 0.978. The summed E-state index contributed by atoms with van der Waals surface area (Å²) in [5.74, 6) is -0.0772. The smallest absolute Gasteiger partial charge is 0.320 e. The van der Waals surface area contributed by atoms with Crippen molar-refractivity contribution in [2.45, 2.75) is 26.4 Å². The minimum atomic E-state index is -0.832. The van der Waals surface area contributed by atoms with Crippen LogP contribution in [0.1, 0.15) is 19.4 Å². The number of halogens is 2. The van der Waals surface area contributed by atoms with Crippen molar-refractivity contribution in [1.29, 1.82) is 0 Å². The molecule has 1 atom stereocenters. The molecule has 0 heterocycles. The number of hydrogen-bond acceptors (Lipinski definition) is 3. The average Bonchev–Trinajstić information content (AvgIpc) is 2.27. The van der Waals surface area contributed by atoms with Crippen molar-refractivity contribution >= 4 is 37.8 Å². The summed E-state index contributed by atoms with van der Waals surface area (Å²) in [4.78, 5) is 11.1. The summed E-state index contributed by atoms with van der Waals surface area (Å²) in [5, 5.41) is 12.2. The second kappa shape index (κ2) is 7.26. The third kappa shape index (κ3) is 4.47. The molecule has 0 saturated carbocycles. The molecule has 2 N–H and O–H groups in total. The second-order valence-electron chi connectivity index (χ2n) is 4.53. The van der Waals surface area contributed by atoms with Gasteiger partial charge in [0.2, 0.25) is 0 Å². The molecular weight excluding hydrogens is 378 g/mol. The van der Waals surface area contributed by atoms with Gasteiger partial charge in [0.25, 0.3) is 0 Å². The van der Waals surface area contributed by atoms with E-state index in [-0.39, 0.29) is 5.92 Å². The van der Waals surface area contributed by atoms with E-state index in [0.717, 1.165) is 20.3 Å². The highest BCUT2D eigenvalue weighted by Gasteiger charge is 2.20. The molecule has 6 heteroatoms. The van der Waals surface area contributed by atoms with Gasteiger partial charge in [0.1, 0.15) is 11.8 Å². The molecule has 0 aliphatic heterocycles. The summed E-state index contributed by atoms with van der Waals surface area (Å²) in [6.07, 6.45) is 0. The third-order valence-corrected chi connectivity index (χ3v) is 3.90. The first-order valence-electron chi connectivity index (χ1n) is 5.85. The topological polar surface area (TPSA) is 58.6 Å². The Morgan fingerprint density at radius 3 is 2.26 bits per heavy atom. The molecule has 1 unspecified atom stereocenters. The Morgan fingerprint density at radius 2 is 1.89 bits per heavy atom. The van der Waals surface area contributed by atoms with Crippen LogP contribution in [0.2, 0.25) is 0 Å². The van der Waals surface area contributed by atoms with Crippen LogP contribution in [0.3, 0.4) is 0 Å². The van der Waals surface area contributed by atoms with E-state index in [1.165, 1.54) is 0 Å². The Labute approximate surface area is 129 Å². The van der Waals surface area contributed by atoms with Gasteiger partial charge in [0, 0.05) is 6.54 Å². The molecule has 0 amide bonds. The molecule has 4 nitrogen and oxygen atoms in total. The predicted molar refractivity (Wildman–Crippen MR) is 81.5 cm³/mol. The van der Waals surface area contributed by atoms with Gasteiger partial charge in [-0.05, 0) is 55.5 Å². The van der Waals surface area contributed by atoms with E-state index >= 15 is 0 Å². The van der Waals surface area contributed by atoms with Gasteiger partial charge in [-0.15, -0.1) is 0 Å². The highest BCUT2D eigenvalue weighted by Crippen LogP contribution is 2.34. The van der Waals surface area contributed by atoms with Crippen molar-refractivity contribution in [1.82, 2.24) is 5.32 Å². The Balaban J connectivity index is 2.81. The van der Waals surface area contributed by atoms with Gasteiger partial charge in [0.15, 0.2) is 0 Å². The number of ether oxygens (including phenoxy) is 1. The number of methoxy groups -OCH3 is 1. The van der Waals surface area contributed by atoms with E-state index in [9.17, 15) is 4.79 Å². The van der Waals surface area contributed by atoms with Crippen LogP contribution in [0.4, 0.5) is 0 Å². The van der Waals surface area contributed by atoms with Crippen LogP contribution in [-0.2, 0) is 11.3 Å². The highest BCUT2D eigenvalue weighted by atomic mass is 79.9. The van der Waals surface area contributed by atoms with E-state index in [4.69, 9.17) is 9.84 Å². The maximum absolute atomic E-state index is 11.1. The van der Waals surface area contributed by atoms with E-state index in [1.807, 2.05) is 26.0 Å². The second-order valence-corrected chi connectivity index (χ2v) is 6.24. The zero-order chi connectivity index (χ0) is 14.6. The first-order valence-corrected chi connectivity index (χ1v) is 7.43. The lowest BCUT2D eigenvalue weighted by molar-refractivity contribution is -0.140. The molecule has 0 aliphatic carbocycles. The van der Waals surface area contributed by atoms with E-state index < -0.39 is 12.0 Å². The highest BCUT2D eigenvalue weighted by molar-refractivity contribution is 9.11. The predicted octanol–water partition coefficient (Wildman–Crippen LogP) is 3.42. The third-order valence-electron chi connectivity index (χ3n) is 2.72. The van der Waals surface area contributed by atoms with Crippen molar-refractivity contribution in [2.24, 2.45) is 5.92 Å². The number of nitrogens with one attached hydrogen (secondary N) is 1. The lowest BCUT2D eigenvalue weighted by Gasteiger charge is -2.18. The van der Waals surface area contributed by atoms with Gasteiger partial charge < -0.3 is 15.2 Å². The minimum absolute atomic E-state index is 0.0302. The molecule has 0 spiro atoms. The van der Waals surface area contributed by atoms with Crippen LogP contribution in [0, 0.1) is 5.92 Å². The maximum atomic E-state index is 11.1. The molecule has 1 aromatic carbocycles. The number of aliphatic carboxylic acids is 1. The Kier molecular flexibility index (Phi) is 6.29. The first-order chi connectivity index (χ1) is 8.86. The number of carboxylic acids is 1. The Bertz CT molecular complexity index is 440. The summed E-state index contributed by atoms with van der Waals surface area (Å²) in [7, 11) is 1.60. The van der Waals surface area contributed by atoms with Gasteiger partial charge in [-0.2, -0.15) is 0 Å². The van der Waals surface area contributed by atoms with Crippen molar-refractivity contribution in [3.05, 3.63) is 26.6 Å². The molecule has 106 valence electrons. The molecule has 0 radical (unpaired) electrons. The van der Waals surface area contributed by atoms with E-state index in [0.29, 0.717) is 6.54 Å². The van der Waals surface area contributed by atoms with Crippen LogP contribution in [0.15, 0.2) is 21.1 Å². The fraction of sp³-hybridized carbons (Fsp3) is 0.462. The lowest BCUT2D eigenvalue weighted by Crippen LogP contribution is -2.40. The number of carboxylic acid groups (broad SMARTS) is 1. The van der Waals surface area contributed by atoms with Crippen LogP contribution in [-0.4, -0.2) is 24.2 Å². The zero-order valence-electron chi connectivity index (χ0n) is 11.0. The zero-order valence-corrected chi connectivity index (χ0v) is 14.2. The lowest BCUT2D eigenvalue weighted by atomic mass is 10.0. The quantitative estimate of drug-likeness (QED) is 0.776. The van der Waals surface area contributed by atoms with E-state index in [2.05, 4.69) is 37.2 Å². The summed E-state index contributed by atoms with van der Waals surface area (Å²) in [6.45, 7) is 4.24. The molecule has 0 fully saturated rings. The average molecular weight is 395 g/mol. The van der Waals surface area contributed by atoms with Crippen LogP contribution in [0.25, 0.3) is 0 Å². The molecule has 0 saturated heterocycles. The molecule has 19 heavy (non-hydrogen) atoms. The van der Waals surface area contributed by atoms with Gasteiger partial charge in [-0.3, -0.25) is 4.79 Å². The first kappa shape index (κ1) is 16.5. The molecule has 1 aromatic rings. The fourth-order valence-electron chi connectivity index (χ4n) is 1.75. The molecule has 0 bridgehead atoms. The van der Waals surface area contributed by atoms with E-state index in [1.54, 1.807) is 7.11 Å². The van der Waals surface area contributed by atoms with Gasteiger partial charge in [0.05, 0.1) is 16.1 Å². The monoisotopic (exact) mass is 393 g/mol. The van der Waals surface area contributed by atoms with Gasteiger partial charge in [-0.1, -0.05) is 13.8 Å². The number of rotatable bonds is 6. The molecule has 0 aliphatic rings. The molecular formula is C13H17Br2NO3. The van der Waals surface area contributed by atoms with Crippen LogP contribution < -0.4 is 10.1 Å². The van der Waals surface area contributed by atoms with Crippen molar-refractivity contribution in [3.63, 3.8) is 0 Å². The number of benzene rings is 1. The van der Waals surface area contributed by atoms with Crippen LogP contribution >= 0.6 is 31.9 Å². The van der Waals surface area contributed by atoms with Gasteiger partial charge in [-0.25, -0.2) is 0 Å². The fourth-order valence-corrected chi connectivity index (χ4v) is 3.35. The van der Waals surface area contributed by atoms with Crippen molar-refractivity contribution in [2.75, 3.05) is 7.11 Å². The summed E-state index contributed by atoms with van der Waals surface area (Å²) < 4.78 is 6.89. The van der Waals surface area contributed by atoms with Crippen molar-refractivity contribution in [3.8, 4) is 5.75 Å². The molecule has 1 rings (SSSR count). The Hall–Kier alpha value is -0.590. The largest absolute Gasteiger partial charge is 0.494 e. The SMILES string of the molecule is COc1c(Br)cc(CNC(C(=O)O)C(C)C)cc1Br. The Morgan fingerprint density at radius 1 is 1.37 bits per heavy atom. The normalized spacial score (nSPS) is 12.5. The summed E-state index contributed by atoms with van der Waals surface area (Å²) >= 11 is 6.85. The number of carbonyl (C=O) groups is 1. The van der Waals surface area contributed by atoms with Gasteiger partial charge >= 0.3 is 5.97 Å². The number of hydrogen-bond donors (Lipinski definition) is 2. The molecule has 0 aromatic heterocycles. The van der Waals surface area contributed by atoms with Crippen molar-refractivity contribution < 1.29 is 14.6 Å². The standard InChI is InChI=1S/C13H17Br2NO3/c1-7(2)11(13(17)18)16-6-8-4-9(14)12(19-3)10(15)5-8/h4-5,7,11,16H,6H2,1-3H3,(H,17,18). The summed E-state index contributed by atoms with van der Waals surface area (Å²) in [6, 6.07) is 3.27.